The van der Waals surface area contributed by atoms with Gasteiger partial charge >= 0.3 is 0 Å². The number of nitrogens with two attached hydrogens (primary N) is 5. The lowest BCUT2D eigenvalue weighted by Gasteiger charge is -2.25. The van der Waals surface area contributed by atoms with E-state index in [1.165, 1.54) is 11.3 Å². The zero-order valence-electron chi connectivity index (χ0n) is 26.2. The van der Waals surface area contributed by atoms with E-state index in [-0.39, 0.29) is 49.0 Å². The van der Waals surface area contributed by atoms with Crippen molar-refractivity contribution in [2.45, 2.75) is 83.7 Å². The lowest BCUT2D eigenvalue weighted by Crippen LogP contribution is -2.46. The second-order valence-corrected chi connectivity index (χ2v) is 12.2. The van der Waals surface area contributed by atoms with Crippen molar-refractivity contribution in [1.29, 1.82) is 0 Å². The number of phenols is 1. The summed E-state index contributed by atoms with van der Waals surface area (Å²) in [6.45, 7) is 4.38. The number of nitrogens with one attached hydrogen (secondary N) is 1. The molecule has 0 saturated heterocycles. The number of amides is 2. The van der Waals surface area contributed by atoms with Gasteiger partial charge in [-0.2, -0.15) is 0 Å². The lowest BCUT2D eigenvalue weighted by molar-refractivity contribution is -0.133. The predicted molar refractivity (Wildman–Crippen MR) is 175 cm³/mol. The van der Waals surface area contributed by atoms with Gasteiger partial charge in [0, 0.05) is 37.1 Å². The monoisotopic (exact) mass is 644 g/mol. The number of thiazole rings is 1. The fraction of sp³-hybridized carbons (Fsp3) is 0.548. The molecular weight excluding hydrogens is 596 g/mol. The number of aromatic hydroxyl groups is 1. The molecule has 2 aromatic rings. The Hall–Kier alpha value is -3.88. The average Bonchev–Trinajstić information content (AvgIpc) is 3.48. The van der Waals surface area contributed by atoms with Crippen LogP contribution in [0.15, 0.2) is 28.0 Å². The highest BCUT2D eigenvalue weighted by atomic mass is 32.1. The van der Waals surface area contributed by atoms with E-state index in [1.54, 1.807) is 23.0 Å². The van der Waals surface area contributed by atoms with Crippen LogP contribution >= 0.6 is 11.3 Å². The smallest absolute Gasteiger partial charge is 0.224 e. The molecule has 0 fully saturated rings. The Morgan fingerprint density at radius 3 is 2.20 bits per heavy atom. The molecule has 12 N–H and O–H groups in total. The molecule has 2 rings (SSSR count). The maximum absolute atomic E-state index is 13.9. The van der Waals surface area contributed by atoms with Crippen LogP contribution in [0, 0.1) is 25.7 Å². The number of aromatic nitrogens is 1. The highest BCUT2D eigenvalue weighted by Crippen LogP contribution is 2.26. The number of rotatable bonds is 21. The number of benzene rings is 1. The standard InChI is InChI=1S/C31H48N8O5S/c1-18-10-23(40)11-19(2)24(18)13-21(15-27(41)25(33)6-5-9-37-31(35)36)30(44)39-26(7-3-4-8-32)28(42)14-20(29(34)43)12-22-16-45-17-38-22/h10-11,16-17,20-21,25-26,40H,3-9,12-15,32-33H2,1-2H3,(H2,34,43)(H,39,44)(H4,35,36,37)/t20-,21-,25-,26+/m1/s1. The number of phenolic OH excluding ortho intramolecular Hbond substituents is 1. The van der Waals surface area contributed by atoms with Crippen molar-refractivity contribution in [2.24, 2.45) is 45.5 Å². The number of Topliss-reactive ketones (excluding diaryl/α,β-unsaturated/α-hetero) is 2. The van der Waals surface area contributed by atoms with Crippen molar-refractivity contribution in [3.63, 3.8) is 0 Å². The van der Waals surface area contributed by atoms with Crippen LogP contribution in [0.5, 0.6) is 5.75 Å². The second kappa shape index (κ2) is 18.8. The minimum Gasteiger partial charge on any atom is -0.508 e. The molecule has 14 heteroatoms. The molecule has 45 heavy (non-hydrogen) atoms. The first-order valence-corrected chi connectivity index (χ1v) is 16.1. The highest BCUT2D eigenvalue weighted by molar-refractivity contribution is 7.07. The zero-order chi connectivity index (χ0) is 33.5. The molecule has 1 heterocycles. The van der Waals surface area contributed by atoms with Gasteiger partial charge in [-0.1, -0.05) is 0 Å². The van der Waals surface area contributed by atoms with Gasteiger partial charge in [0.05, 0.1) is 29.2 Å². The normalized spacial score (nSPS) is 13.8. The highest BCUT2D eigenvalue weighted by Gasteiger charge is 2.31. The quantitative estimate of drug-likeness (QED) is 0.0573. The summed E-state index contributed by atoms with van der Waals surface area (Å²) in [6.07, 6.45) is 2.41. The van der Waals surface area contributed by atoms with E-state index in [0.717, 1.165) is 16.7 Å². The van der Waals surface area contributed by atoms with Crippen LogP contribution in [0.25, 0.3) is 0 Å². The largest absolute Gasteiger partial charge is 0.508 e. The first-order valence-electron chi connectivity index (χ1n) is 15.1. The van der Waals surface area contributed by atoms with Gasteiger partial charge in [0.1, 0.15) is 11.5 Å². The van der Waals surface area contributed by atoms with Gasteiger partial charge < -0.3 is 39.1 Å². The number of guanidine groups is 1. The number of nitrogens with zero attached hydrogens (tertiary/aromatic N) is 2. The molecule has 0 unspecified atom stereocenters. The minimum atomic E-state index is -0.908. The van der Waals surface area contributed by atoms with Crippen molar-refractivity contribution in [1.82, 2.24) is 10.3 Å². The van der Waals surface area contributed by atoms with Crippen molar-refractivity contribution in [2.75, 3.05) is 13.1 Å². The Morgan fingerprint density at radius 1 is 0.956 bits per heavy atom. The topological polar surface area (TPSA) is 256 Å². The Balaban J connectivity index is 2.29. The Labute approximate surface area is 268 Å². The van der Waals surface area contributed by atoms with Crippen LogP contribution in [-0.4, -0.2) is 64.6 Å². The summed E-state index contributed by atoms with van der Waals surface area (Å²) in [5.41, 5.74) is 32.9. The first-order chi connectivity index (χ1) is 21.3. The maximum atomic E-state index is 13.9. The number of ketones is 2. The molecule has 1 aromatic carbocycles. The van der Waals surface area contributed by atoms with Crippen LogP contribution in [0.3, 0.4) is 0 Å². The van der Waals surface area contributed by atoms with E-state index in [9.17, 15) is 24.3 Å². The van der Waals surface area contributed by atoms with Gasteiger partial charge in [-0.15, -0.1) is 11.3 Å². The average molecular weight is 645 g/mol. The minimum absolute atomic E-state index is 0.0490. The molecule has 248 valence electrons. The van der Waals surface area contributed by atoms with E-state index in [2.05, 4.69) is 15.3 Å². The predicted octanol–water partition coefficient (Wildman–Crippen LogP) is 0.882. The van der Waals surface area contributed by atoms with Crippen molar-refractivity contribution in [3.05, 3.63) is 45.4 Å². The first kappa shape index (κ1) is 37.3. The molecule has 0 aliphatic rings. The van der Waals surface area contributed by atoms with Crippen LogP contribution in [-0.2, 0) is 32.0 Å². The zero-order valence-corrected chi connectivity index (χ0v) is 27.0. The second-order valence-electron chi connectivity index (χ2n) is 11.5. The molecule has 0 aliphatic carbocycles. The summed E-state index contributed by atoms with van der Waals surface area (Å²) >= 11 is 1.38. The summed E-state index contributed by atoms with van der Waals surface area (Å²) in [7, 11) is 0. The van der Waals surface area contributed by atoms with Crippen LogP contribution < -0.4 is 34.0 Å². The summed E-state index contributed by atoms with van der Waals surface area (Å²) < 4.78 is 0. The molecule has 0 spiro atoms. The van der Waals surface area contributed by atoms with Gasteiger partial charge in [0.25, 0.3) is 0 Å². The lowest BCUT2D eigenvalue weighted by atomic mass is 9.86. The molecule has 1 aromatic heterocycles. The van der Waals surface area contributed by atoms with Crippen LogP contribution in [0.2, 0.25) is 0 Å². The summed E-state index contributed by atoms with van der Waals surface area (Å²) in [6, 6.07) is 1.45. The number of aliphatic imine (C=N–C) groups is 1. The van der Waals surface area contributed by atoms with Gasteiger partial charge in [0.2, 0.25) is 11.8 Å². The third kappa shape index (κ3) is 12.9. The summed E-state index contributed by atoms with van der Waals surface area (Å²) in [5.74, 6) is -3.34. The van der Waals surface area contributed by atoms with E-state index in [4.69, 9.17) is 28.7 Å². The fourth-order valence-corrected chi connectivity index (χ4v) is 5.79. The number of hydrogen-bond acceptors (Lipinski definition) is 10. The number of primary amides is 1. The van der Waals surface area contributed by atoms with Crippen LogP contribution in [0.4, 0.5) is 0 Å². The molecule has 0 saturated carbocycles. The molecule has 0 radical (unpaired) electrons. The number of unbranched alkanes of at least 4 members (excludes halogenated alkanes) is 1. The Bertz CT molecular complexity index is 1290. The van der Waals surface area contributed by atoms with E-state index >= 15 is 0 Å². The summed E-state index contributed by atoms with van der Waals surface area (Å²) in [5, 5.41) is 14.7. The van der Waals surface area contributed by atoms with Gasteiger partial charge in [-0.05, 0) is 87.7 Å². The Kier molecular flexibility index (Phi) is 15.6. The van der Waals surface area contributed by atoms with Crippen molar-refractivity contribution >= 4 is 40.7 Å². The maximum Gasteiger partial charge on any atom is 0.224 e. The number of carbonyl (C=O) groups excluding carboxylic acids is 4. The third-order valence-electron chi connectivity index (χ3n) is 7.77. The molecule has 13 nitrogen and oxygen atoms in total. The van der Waals surface area contributed by atoms with Gasteiger partial charge in [-0.25, -0.2) is 4.98 Å². The SMILES string of the molecule is Cc1cc(O)cc(C)c1C[C@H](CC(=O)[C@H](N)CCCN=C(N)N)C(=O)N[C@@H](CCCCN)C(=O)C[C@@H](Cc1cscn1)C(N)=O. The number of carbonyl (C=O) groups is 4. The van der Waals surface area contributed by atoms with Gasteiger partial charge in [-0.3, -0.25) is 24.2 Å². The summed E-state index contributed by atoms with van der Waals surface area (Å²) in [4.78, 5) is 61.0. The molecule has 0 aliphatic heterocycles. The molecule has 4 atom stereocenters. The molecule has 0 bridgehead atoms. The molecule has 2 amide bonds. The number of hydrogen-bond donors (Lipinski definition) is 7. The van der Waals surface area contributed by atoms with E-state index < -0.39 is 35.7 Å². The van der Waals surface area contributed by atoms with Crippen molar-refractivity contribution in [3.8, 4) is 5.75 Å². The third-order valence-corrected chi connectivity index (χ3v) is 8.41. The van der Waals surface area contributed by atoms with E-state index in [1.807, 2.05) is 13.8 Å². The van der Waals surface area contributed by atoms with E-state index in [0.29, 0.717) is 50.9 Å². The molecular formula is C31H48N8O5S. The van der Waals surface area contributed by atoms with Crippen LogP contribution in [0.1, 0.15) is 67.3 Å². The van der Waals surface area contributed by atoms with Gasteiger partial charge in [0.15, 0.2) is 11.7 Å². The Morgan fingerprint density at radius 2 is 1.62 bits per heavy atom. The fourth-order valence-electron chi connectivity index (χ4n) is 5.22. The number of aryl methyl sites for hydroxylation is 2. The van der Waals surface area contributed by atoms with Crippen molar-refractivity contribution < 1.29 is 24.3 Å².